The van der Waals surface area contributed by atoms with E-state index < -0.39 is 12.3 Å². The molecular weight excluding hydrogens is 225 g/mol. The molecule has 94 valence electrons. The van der Waals surface area contributed by atoms with E-state index in [9.17, 15) is 9.18 Å². The highest BCUT2D eigenvalue weighted by atomic mass is 19.1. The predicted molar refractivity (Wildman–Crippen MR) is 62.9 cm³/mol. The summed E-state index contributed by atoms with van der Waals surface area (Å²) in [6.45, 7) is 1.73. The van der Waals surface area contributed by atoms with Gasteiger partial charge in [0.2, 0.25) is 0 Å². The van der Waals surface area contributed by atoms with E-state index in [4.69, 9.17) is 4.74 Å². The van der Waals surface area contributed by atoms with Gasteiger partial charge in [-0.2, -0.15) is 4.39 Å². The summed E-state index contributed by atoms with van der Waals surface area (Å²) >= 11 is 0. The first kappa shape index (κ1) is 13.3. The van der Waals surface area contributed by atoms with Crippen molar-refractivity contribution in [1.82, 2.24) is 0 Å². The number of benzene rings is 1. The van der Waals surface area contributed by atoms with Crippen LogP contribution in [0.1, 0.15) is 6.92 Å². The quantitative estimate of drug-likeness (QED) is 0.739. The van der Waals surface area contributed by atoms with E-state index in [1.165, 1.54) is 0 Å². The van der Waals surface area contributed by atoms with Crippen LogP contribution in [-0.2, 0) is 9.53 Å². The molecule has 1 aromatic rings. The van der Waals surface area contributed by atoms with Crippen molar-refractivity contribution in [2.75, 3.05) is 25.6 Å². The highest BCUT2D eigenvalue weighted by Crippen LogP contribution is 2.20. The van der Waals surface area contributed by atoms with Gasteiger partial charge in [-0.1, -0.05) is 6.07 Å². The summed E-state index contributed by atoms with van der Waals surface area (Å²) in [6, 6.07) is 6.80. The molecule has 0 spiro atoms. The third kappa shape index (κ3) is 3.94. The van der Waals surface area contributed by atoms with Gasteiger partial charge in [-0.05, 0) is 19.1 Å². The number of rotatable bonds is 5. The maximum absolute atomic E-state index is 13.3. The van der Waals surface area contributed by atoms with E-state index in [-0.39, 0.29) is 12.4 Å². The van der Waals surface area contributed by atoms with Gasteiger partial charge in [-0.3, -0.25) is 0 Å². The van der Waals surface area contributed by atoms with E-state index in [1.807, 2.05) is 25.1 Å². The van der Waals surface area contributed by atoms with Crippen molar-refractivity contribution in [1.29, 1.82) is 0 Å². The van der Waals surface area contributed by atoms with Crippen LogP contribution in [0.5, 0.6) is 5.75 Å². The molecule has 0 amide bonds. The number of carbonyl (C=O) groups excluding carboxylic acids is 1. The number of hydrogen-bond donors (Lipinski definition) is 0. The maximum Gasteiger partial charge on any atom is 0.381 e. The van der Waals surface area contributed by atoms with Crippen LogP contribution >= 0.6 is 0 Å². The van der Waals surface area contributed by atoms with E-state index in [0.717, 1.165) is 5.69 Å². The fourth-order valence-corrected chi connectivity index (χ4v) is 1.21. The van der Waals surface area contributed by atoms with Crippen LogP contribution < -0.4 is 9.64 Å². The normalized spacial score (nSPS) is 11.8. The zero-order valence-electron chi connectivity index (χ0n) is 10.1. The highest BCUT2D eigenvalue weighted by Gasteiger charge is 2.20. The lowest BCUT2D eigenvalue weighted by Crippen LogP contribution is -2.24. The number of nitrogens with zero attached hydrogens (tertiary/aromatic N) is 1. The molecule has 1 atom stereocenters. The third-order valence-corrected chi connectivity index (χ3v) is 2.05. The standard InChI is InChI=1S/C12H16FNO3/c1-4-16-12(15)11(13)17-10-7-5-6-9(8-10)14(2)3/h5-8,11H,4H2,1-3H3. The van der Waals surface area contributed by atoms with E-state index >= 15 is 0 Å². The molecule has 0 fully saturated rings. The van der Waals surface area contributed by atoms with Gasteiger partial charge in [0.05, 0.1) is 6.61 Å². The summed E-state index contributed by atoms with van der Waals surface area (Å²) in [4.78, 5) is 12.9. The monoisotopic (exact) mass is 241 g/mol. The van der Waals surface area contributed by atoms with Gasteiger partial charge in [-0.25, -0.2) is 4.79 Å². The Morgan fingerprint density at radius 3 is 2.76 bits per heavy atom. The molecule has 0 bridgehead atoms. The first-order valence-electron chi connectivity index (χ1n) is 5.29. The molecule has 0 aliphatic heterocycles. The third-order valence-electron chi connectivity index (χ3n) is 2.05. The fourth-order valence-electron chi connectivity index (χ4n) is 1.21. The number of alkyl halides is 1. The summed E-state index contributed by atoms with van der Waals surface area (Å²) < 4.78 is 22.6. The number of esters is 1. The number of hydrogen-bond acceptors (Lipinski definition) is 4. The Hall–Kier alpha value is -1.78. The van der Waals surface area contributed by atoms with Gasteiger partial charge in [0.25, 0.3) is 0 Å². The molecule has 0 aliphatic carbocycles. The van der Waals surface area contributed by atoms with Gasteiger partial charge in [0.15, 0.2) is 0 Å². The highest BCUT2D eigenvalue weighted by molar-refractivity contribution is 5.73. The molecule has 1 rings (SSSR count). The largest absolute Gasteiger partial charge is 0.461 e. The summed E-state index contributed by atoms with van der Waals surface area (Å²) in [7, 11) is 3.72. The van der Waals surface area contributed by atoms with E-state index in [0.29, 0.717) is 0 Å². The van der Waals surface area contributed by atoms with E-state index in [2.05, 4.69) is 4.74 Å². The minimum absolute atomic E-state index is 0.125. The van der Waals surface area contributed by atoms with Crippen molar-refractivity contribution in [2.45, 2.75) is 13.3 Å². The first-order valence-corrected chi connectivity index (χ1v) is 5.29. The van der Waals surface area contributed by atoms with Gasteiger partial charge in [0.1, 0.15) is 5.75 Å². The number of anilines is 1. The molecule has 0 N–H and O–H groups in total. The number of halogens is 1. The molecular formula is C12H16FNO3. The predicted octanol–water partition coefficient (Wildman–Crippen LogP) is 1.99. The van der Waals surface area contributed by atoms with Crippen LogP contribution in [0.3, 0.4) is 0 Å². The molecule has 17 heavy (non-hydrogen) atoms. The van der Waals surface area contributed by atoms with Crippen LogP contribution in [0.2, 0.25) is 0 Å². The van der Waals surface area contributed by atoms with Crippen molar-refractivity contribution in [3.8, 4) is 5.75 Å². The minimum atomic E-state index is -2.09. The molecule has 0 radical (unpaired) electrons. The summed E-state index contributed by atoms with van der Waals surface area (Å²) in [5, 5.41) is 0. The molecule has 5 heteroatoms. The SMILES string of the molecule is CCOC(=O)C(F)Oc1cccc(N(C)C)c1. The zero-order valence-corrected chi connectivity index (χ0v) is 10.1. The Labute approximate surface area is 99.9 Å². The van der Waals surface area contributed by atoms with Crippen molar-refractivity contribution in [2.24, 2.45) is 0 Å². The number of ether oxygens (including phenoxy) is 2. The Bertz CT molecular complexity index is 382. The van der Waals surface area contributed by atoms with Gasteiger partial charge < -0.3 is 14.4 Å². The van der Waals surface area contributed by atoms with Crippen LogP contribution in [-0.4, -0.2) is 33.0 Å². The molecule has 4 nitrogen and oxygen atoms in total. The van der Waals surface area contributed by atoms with Crippen LogP contribution in [0, 0.1) is 0 Å². The van der Waals surface area contributed by atoms with Gasteiger partial charge in [-0.15, -0.1) is 0 Å². The Morgan fingerprint density at radius 2 is 2.18 bits per heavy atom. The zero-order chi connectivity index (χ0) is 12.8. The lowest BCUT2D eigenvalue weighted by molar-refractivity contribution is -0.159. The van der Waals surface area contributed by atoms with E-state index in [1.54, 1.807) is 25.1 Å². The second-order valence-corrected chi connectivity index (χ2v) is 3.58. The van der Waals surface area contributed by atoms with Crippen LogP contribution in [0.15, 0.2) is 24.3 Å². The Balaban J connectivity index is 2.68. The molecule has 0 heterocycles. The fraction of sp³-hybridized carbons (Fsp3) is 0.417. The average molecular weight is 241 g/mol. The summed E-state index contributed by atoms with van der Waals surface area (Å²) in [6.07, 6.45) is -2.09. The lowest BCUT2D eigenvalue weighted by atomic mass is 10.3. The van der Waals surface area contributed by atoms with Crippen molar-refractivity contribution in [3.63, 3.8) is 0 Å². The Kier molecular flexibility index (Phi) is 4.75. The molecule has 0 saturated carbocycles. The van der Waals surface area contributed by atoms with Gasteiger partial charge >= 0.3 is 12.3 Å². The van der Waals surface area contributed by atoms with Crippen molar-refractivity contribution >= 4 is 11.7 Å². The maximum atomic E-state index is 13.3. The summed E-state index contributed by atoms with van der Waals surface area (Å²) in [5.41, 5.74) is 0.860. The van der Waals surface area contributed by atoms with Crippen molar-refractivity contribution < 1.29 is 18.7 Å². The van der Waals surface area contributed by atoms with Crippen molar-refractivity contribution in [3.05, 3.63) is 24.3 Å². The molecule has 0 aliphatic rings. The van der Waals surface area contributed by atoms with Crippen LogP contribution in [0.4, 0.5) is 10.1 Å². The minimum Gasteiger partial charge on any atom is -0.461 e. The first-order chi connectivity index (χ1) is 8.04. The van der Waals surface area contributed by atoms with Crippen LogP contribution in [0.25, 0.3) is 0 Å². The summed E-state index contributed by atoms with van der Waals surface area (Å²) in [5.74, 6) is -0.723. The topological polar surface area (TPSA) is 38.8 Å². The molecule has 1 aromatic carbocycles. The second-order valence-electron chi connectivity index (χ2n) is 3.58. The average Bonchev–Trinajstić information content (AvgIpc) is 2.29. The molecule has 1 unspecified atom stereocenters. The number of carbonyl (C=O) groups is 1. The second kappa shape index (κ2) is 6.08. The smallest absolute Gasteiger partial charge is 0.381 e. The molecule has 0 aromatic heterocycles. The molecule has 0 saturated heterocycles. The Morgan fingerprint density at radius 1 is 1.47 bits per heavy atom. The van der Waals surface area contributed by atoms with Gasteiger partial charge in [0, 0.05) is 25.8 Å². The lowest BCUT2D eigenvalue weighted by Gasteiger charge is -2.15.